The molecule has 0 saturated carbocycles. The number of rotatable bonds is 5. The maximum absolute atomic E-state index is 5.65. The maximum Gasteiger partial charge on any atom is 0.0646 e. The fourth-order valence-electron chi connectivity index (χ4n) is 1.54. The first-order valence-electron chi connectivity index (χ1n) is 6.36. The predicted octanol–water partition coefficient (Wildman–Crippen LogP) is 4.04. The van der Waals surface area contributed by atoms with Gasteiger partial charge in [0.25, 0.3) is 0 Å². The molecule has 2 nitrogen and oxygen atoms in total. The molecule has 0 aromatic heterocycles. The van der Waals surface area contributed by atoms with Gasteiger partial charge in [0.1, 0.15) is 0 Å². The summed E-state index contributed by atoms with van der Waals surface area (Å²) >= 11 is 0. The predicted molar refractivity (Wildman–Crippen MR) is 74.7 cm³/mol. The summed E-state index contributed by atoms with van der Waals surface area (Å²) in [5.74, 6) is 0.591. The standard InChI is InChI=1S/C15H25NO/c1-12(2)13-6-8-14(9-7-13)16-10-11-17-15(3,4)5/h6-9,12,16H,10-11H2,1-5H3. The van der Waals surface area contributed by atoms with E-state index < -0.39 is 0 Å². The highest BCUT2D eigenvalue weighted by molar-refractivity contribution is 5.45. The first-order valence-corrected chi connectivity index (χ1v) is 6.36. The Morgan fingerprint density at radius 1 is 1.12 bits per heavy atom. The summed E-state index contributed by atoms with van der Waals surface area (Å²) in [6.45, 7) is 12.2. The van der Waals surface area contributed by atoms with Gasteiger partial charge < -0.3 is 10.1 Å². The van der Waals surface area contributed by atoms with Crippen LogP contribution in [0.15, 0.2) is 24.3 Å². The van der Waals surface area contributed by atoms with E-state index in [1.165, 1.54) is 5.56 Å². The molecule has 1 aromatic rings. The minimum atomic E-state index is -0.0524. The zero-order valence-electron chi connectivity index (χ0n) is 11.7. The lowest BCUT2D eigenvalue weighted by Gasteiger charge is -2.19. The molecule has 0 aliphatic carbocycles. The lowest BCUT2D eigenvalue weighted by Crippen LogP contribution is -2.23. The van der Waals surface area contributed by atoms with Crippen LogP contribution in [0.5, 0.6) is 0 Å². The highest BCUT2D eigenvalue weighted by Gasteiger charge is 2.08. The molecule has 17 heavy (non-hydrogen) atoms. The fraction of sp³-hybridized carbons (Fsp3) is 0.600. The monoisotopic (exact) mass is 235 g/mol. The second-order valence-electron chi connectivity index (χ2n) is 5.66. The van der Waals surface area contributed by atoms with Crippen molar-refractivity contribution in [1.82, 2.24) is 0 Å². The Balaban J connectivity index is 2.33. The summed E-state index contributed by atoms with van der Waals surface area (Å²) in [4.78, 5) is 0. The Labute approximate surface area is 105 Å². The molecular formula is C15H25NO. The Morgan fingerprint density at radius 2 is 1.71 bits per heavy atom. The third-order valence-electron chi connectivity index (χ3n) is 2.54. The summed E-state index contributed by atoms with van der Waals surface area (Å²) in [6.07, 6.45) is 0. The SMILES string of the molecule is CC(C)c1ccc(NCCOC(C)(C)C)cc1. The van der Waals surface area contributed by atoms with Gasteiger partial charge in [0, 0.05) is 12.2 Å². The van der Waals surface area contributed by atoms with Crippen LogP contribution >= 0.6 is 0 Å². The number of benzene rings is 1. The molecule has 0 heterocycles. The van der Waals surface area contributed by atoms with Crippen LogP contribution < -0.4 is 5.32 Å². The van der Waals surface area contributed by atoms with Crippen molar-refractivity contribution in [2.24, 2.45) is 0 Å². The molecule has 2 heteroatoms. The van der Waals surface area contributed by atoms with Crippen molar-refractivity contribution in [3.05, 3.63) is 29.8 Å². The Hall–Kier alpha value is -1.02. The van der Waals surface area contributed by atoms with Crippen LogP contribution in [0.4, 0.5) is 5.69 Å². The van der Waals surface area contributed by atoms with E-state index in [0.29, 0.717) is 5.92 Å². The van der Waals surface area contributed by atoms with Gasteiger partial charge in [-0.1, -0.05) is 26.0 Å². The number of hydrogen-bond acceptors (Lipinski definition) is 2. The van der Waals surface area contributed by atoms with Crippen LogP contribution in [0.3, 0.4) is 0 Å². The normalized spacial score (nSPS) is 11.9. The summed E-state index contributed by atoms with van der Waals surface area (Å²) in [5.41, 5.74) is 2.48. The number of anilines is 1. The zero-order valence-corrected chi connectivity index (χ0v) is 11.7. The van der Waals surface area contributed by atoms with Crippen LogP contribution in [-0.4, -0.2) is 18.8 Å². The third kappa shape index (κ3) is 5.73. The first kappa shape index (κ1) is 14.0. The molecule has 0 bridgehead atoms. The van der Waals surface area contributed by atoms with Crippen LogP contribution in [0, 0.1) is 0 Å². The second kappa shape index (κ2) is 6.06. The molecule has 0 radical (unpaired) electrons. The summed E-state index contributed by atoms with van der Waals surface area (Å²) in [6, 6.07) is 8.62. The third-order valence-corrected chi connectivity index (χ3v) is 2.54. The van der Waals surface area contributed by atoms with Crippen molar-refractivity contribution in [1.29, 1.82) is 0 Å². The summed E-state index contributed by atoms with van der Waals surface area (Å²) in [5, 5.41) is 3.36. The Kier molecular flexibility index (Phi) is 5.01. The van der Waals surface area contributed by atoms with E-state index in [1.54, 1.807) is 0 Å². The number of ether oxygens (including phenoxy) is 1. The molecule has 96 valence electrons. The van der Waals surface area contributed by atoms with Crippen molar-refractivity contribution in [2.75, 3.05) is 18.5 Å². The molecule has 0 unspecified atom stereocenters. The lowest BCUT2D eigenvalue weighted by atomic mass is 10.0. The highest BCUT2D eigenvalue weighted by Crippen LogP contribution is 2.17. The van der Waals surface area contributed by atoms with Gasteiger partial charge in [-0.3, -0.25) is 0 Å². The van der Waals surface area contributed by atoms with Crippen molar-refractivity contribution in [2.45, 2.75) is 46.1 Å². The zero-order chi connectivity index (χ0) is 12.9. The van der Waals surface area contributed by atoms with E-state index in [2.05, 4.69) is 64.2 Å². The molecular weight excluding hydrogens is 210 g/mol. The molecule has 0 saturated heterocycles. The molecule has 0 spiro atoms. The average Bonchev–Trinajstić information content (AvgIpc) is 2.24. The molecule has 0 fully saturated rings. The molecule has 1 N–H and O–H groups in total. The lowest BCUT2D eigenvalue weighted by molar-refractivity contribution is 0.00333. The van der Waals surface area contributed by atoms with E-state index in [-0.39, 0.29) is 5.60 Å². The summed E-state index contributed by atoms with van der Waals surface area (Å²) in [7, 11) is 0. The largest absolute Gasteiger partial charge is 0.383 e. The van der Waals surface area contributed by atoms with Gasteiger partial charge in [0.2, 0.25) is 0 Å². The van der Waals surface area contributed by atoms with E-state index in [9.17, 15) is 0 Å². The molecule has 1 aromatic carbocycles. The number of nitrogens with one attached hydrogen (secondary N) is 1. The topological polar surface area (TPSA) is 21.3 Å². The van der Waals surface area contributed by atoms with Gasteiger partial charge in [-0.15, -0.1) is 0 Å². The van der Waals surface area contributed by atoms with Crippen LogP contribution in [0.1, 0.15) is 46.1 Å². The first-order chi connectivity index (χ1) is 7.88. The van der Waals surface area contributed by atoms with Gasteiger partial charge >= 0.3 is 0 Å². The molecule has 0 aliphatic heterocycles. The van der Waals surface area contributed by atoms with Gasteiger partial charge in [0.05, 0.1) is 12.2 Å². The van der Waals surface area contributed by atoms with Gasteiger partial charge in [-0.2, -0.15) is 0 Å². The average molecular weight is 235 g/mol. The highest BCUT2D eigenvalue weighted by atomic mass is 16.5. The van der Waals surface area contributed by atoms with Crippen molar-refractivity contribution < 1.29 is 4.74 Å². The van der Waals surface area contributed by atoms with E-state index in [4.69, 9.17) is 4.74 Å². The van der Waals surface area contributed by atoms with Crippen LogP contribution in [0.2, 0.25) is 0 Å². The van der Waals surface area contributed by atoms with E-state index in [1.807, 2.05) is 0 Å². The summed E-state index contributed by atoms with van der Waals surface area (Å²) < 4.78 is 5.65. The molecule has 1 rings (SSSR count). The molecule has 0 atom stereocenters. The molecule has 0 amide bonds. The van der Waals surface area contributed by atoms with Crippen molar-refractivity contribution in [3.8, 4) is 0 Å². The van der Waals surface area contributed by atoms with Crippen molar-refractivity contribution in [3.63, 3.8) is 0 Å². The van der Waals surface area contributed by atoms with Crippen LogP contribution in [0.25, 0.3) is 0 Å². The van der Waals surface area contributed by atoms with Gasteiger partial charge in [-0.25, -0.2) is 0 Å². The van der Waals surface area contributed by atoms with Gasteiger partial charge in [0.15, 0.2) is 0 Å². The number of hydrogen-bond donors (Lipinski definition) is 1. The minimum Gasteiger partial charge on any atom is -0.383 e. The van der Waals surface area contributed by atoms with Crippen LogP contribution in [-0.2, 0) is 4.74 Å². The molecule has 0 aliphatic rings. The van der Waals surface area contributed by atoms with Gasteiger partial charge in [-0.05, 0) is 44.4 Å². The van der Waals surface area contributed by atoms with E-state index >= 15 is 0 Å². The maximum atomic E-state index is 5.65. The fourth-order valence-corrected chi connectivity index (χ4v) is 1.54. The second-order valence-corrected chi connectivity index (χ2v) is 5.66. The van der Waals surface area contributed by atoms with E-state index in [0.717, 1.165) is 18.8 Å². The Bertz CT molecular complexity index is 322. The van der Waals surface area contributed by atoms with Crippen molar-refractivity contribution >= 4 is 5.69 Å². The quantitative estimate of drug-likeness (QED) is 0.778. The smallest absolute Gasteiger partial charge is 0.0646 e. The Morgan fingerprint density at radius 3 is 2.18 bits per heavy atom. The minimum absolute atomic E-state index is 0.0524.